The normalized spacial score (nSPS) is 14.8. The molecule has 0 saturated carbocycles. The number of primary amides is 1. The second-order valence-corrected chi connectivity index (χ2v) is 8.57. The van der Waals surface area contributed by atoms with Crippen LogP contribution in [0.25, 0.3) is 0 Å². The van der Waals surface area contributed by atoms with E-state index in [-0.39, 0.29) is 6.42 Å². The lowest BCUT2D eigenvalue weighted by atomic mass is 10.0. The van der Waals surface area contributed by atoms with E-state index in [0.29, 0.717) is 11.4 Å². The second kappa shape index (κ2) is 11.4. The van der Waals surface area contributed by atoms with Crippen LogP contribution in [0, 0.1) is 0 Å². The van der Waals surface area contributed by atoms with Crippen LogP contribution in [0.4, 0.5) is 5.82 Å². The van der Waals surface area contributed by atoms with E-state index >= 15 is 0 Å². The Bertz CT molecular complexity index is 1160. The molecule has 0 spiro atoms. The van der Waals surface area contributed by atoms with Gasteiger partial charge in [0.1, 0.15) is 11.9 Å². The van der Waals surface area contributed by atoms with E-state index in [1.165, 1.54) is 5.56 Å². The summed E-state index contributed by atoms with van der Waals surface area (Å²) < 4.78 is 0. The number of hydrogen-bond acceptors (Lipinski definition) is 6. The number of pyridine rings is 1. The van der Waals surface area contributed by atoms with Crippen molar-refractivity contribution in [1.29, 1.82) is 0 Å². The van der Waals surface area contributed by atoms with E-state index in [2.05, 4.69) is 32.2 Å². The Hall–Kier alpha value is -4.04. The van der Waals surface area contributed by atoms with Crippen molar-refractivity contribution < 1.29 is 14.4 Å². The van der Waals surface area contributed by atoms with Gasteiger partial charge in [0.05, 0.1) is 5.56 Å². The summed E-state index contributed by atoms with van der Waals surface area (Å²) in [5.74, 6) is -1.81. The molecule has 1 unspecified atom stereocenters. The van der Waals surface area contributed by atoms with Gasteiger partial charge in [-0.15, -0.1) is 0 Å². The molecule has 4 rings (SSSR count). The van der Waals surface area contributed by atoms with E-state index in [4.69, 9.17) is 5.73 Å². The first-order valence-electron chi connectivity index (χ1n) is 11.7. The molecule has 3 aromatic rings. The number of anilines is 1. The summed E-state index contributed by atoms with van der Waals surface area (Å²) in [5.41, 5.74) is 7.69. The van der Waals surface area contributed by atoms with E-state index in [9.17, 15) is 14.4 Å². The van der Waals surface area contributed by atoms with Gasteiger partial charge in [0.15, 0.2) is 0 Å². The monoisotopic (exact) mass is 471 g/mol. The Morgan fingerprint density at radius 1 is 0.857 bits per heavy atom. The minimum absolute atomic E-state index is 0.169. The third-order valence-corrected chi connectivity index (χ3v) is 6.10. The highest BCUT2D eigenvalue weighted by molar-refractivity contribution is 6.38. The average molecular weight is 472 g/mol. The number of piperazine rings is 1. The molecule has 1 atom stereocenters. The maximum Gasteiger partial charge on any atom is 0.287 e. The maximum absolute atomic E-state index is 13.2. The van der Waals surface area contributed by atoms with Crippen LogP contribution < -0.4 is 16.0 Å². The van der Waals surface area contributed by atoms with Crippen LogP contribution in [-0.4, -0.2) is 59.7 Å². The molecule has 2 heterocycles. The van der Waals surface area contributed by atoms with Crippen LogP contribution in [0.15, 0.2) is 79.0 Å². The molecule has 1 aromatic heterocycles. The van der Waals surface area contributed by atoms with Gasteiger partial charge in [-0.2, -0.15) is 0 Å². The van der Waals surface area contributed by atoms with Crippen molar-refractivity contribution in [3.8, 4) is 0 Å². The zero-order valence-electron chi connectivity index (χ0n) is 19.5. The van der Waals surface area contributed by atoms with Crippen LogP contribution in [0.2, 0.25) is 0 Å². The first-order chi connectivity index (χ1) is 17.0. The van der Waals surface area contributed by atoms with Gasteiger partial charge in [0, 0.05) is 45.3 Å². The van der Waals surface area contributed by atoms with Crippen molar-refractivity contribution in [3.05, 3.63) is 95.7 Å². The number of nitrogens with zero attached hydrogens (tertiary/aromatic N) is 3. The molecule has 180 valence electrons. The number of nitrogens with two attached hydrogens (primary N) is 1. The molecule has 2 amide bonds. The first-order valence-corrected chi connectivity index (χ1v) is 11.7. The minimum atomic E-state index is -1.08. The number of benzene rings is 2. The summed E-state index contributed by atoms with van der Waals surface area (Å²) in [6.45, 7) is 3.99. The van der Waals surface area contributed by atoms with Crippen LogP contribution in [0.3, 0.4) is 0 Å². The number of aromatic nitrogens is 1. The van der Waals surface area contributed by atoms with E-state index < -0.39 is 23.6 Å². The number of rotatable bonds is 9. The summed E-state index contributed by atoms with van der Waals surface area (Å²) in [7, 11) is 0. The molecule has 2 aromatic carbocycles. The first kappa shape index (κ1) is 24.1. The molecule has 0 radical (unpaired) electrons. The predicted octanol–water partition coefficient (Wildman–Crippen LogP) is 1.80. The number of hydrogen-bond donors (Lipinski definition) is 2. The smallest absolute Gasteiger partial charge is 0.287 e. The third kappa shape index (κ3) is 6.30. The molecule has 0 aliphatic carbocycles. The van der Waals surface area contributed by atoms with E-state index in [0.717, 1.165) is 38.3 Å². The zero-order chi connectivity index (χ0) is 24.6. The van der Waals surface area contributed by atoms with Crippen LogP contribution in [0.5, 0.6) is 0 Å². The number of Topliss-reactive ketones (excluding diaryl/α,β-unsaturated/α-hetero) is 1. The van der Waals surface area contributed by atoms with Gasteiger partial charge in [-0.05, 0) is 23.3 Å². The number of amides is 2. The lowest BCUT2D eigenvalue weighted by Crippen LogP contribution is -2.49. The number of ketones is 1. The predicted molar refractivity (Wildman–Crippen MR) is 134 cm³/mol. The summed E-state index contributed by atoms with van der Waals surface area (Å²) >= 11 is 0. The lowest BCUT2D eigenvalue weighted by molar-refractivity contribution is -0.137. The number of nitrogens with one attached hydrogen (secondary N) is 1. The summed E-state index contributed by atoms with van der Waals surface area (Å²) in [6, 6.07) is 21.8. The van der Waals surface area contributed by atoms with Crippen molar-refractivity contribution in [2.45, 2.75) is 19.0 Å². The van der Waals surface area contributed by atoms with E-state index in [1.807, 2.05) is 48.5 Å². The molecule has 3 N–H and O–H groups in total. The number of carbonyl (C=O) groups excluding carboxylic acids is 3. The standard InChI is InChI=1S/C27H29N5O3/c28-25(34)24(33)23(18-20-8-3-1-4-9-20)30-27(35)22-12-7-13-29-26(22)32-16-14-31(15-17-32)19-21-10-5-2-6-11-21/h1-13,23H,14-19H2,(H2,28,34)(H,30,35). The molecule has 35 heavy (non-hydrogen) atoms. The molecule has 1 fully saturated rings. The quantitative estimate of drug-likeness (QED) is 0.461. The highest BCUT2D eigenvalue weighted by Gasteiger charge is 2.28. The van der Waals surface area contributed by atoms with Gasteiger partial charge in [-0.1, -0.05) is 60.7 Å². The SMILES string of the molecule is NC(=O)C(=O)C(Cc1ccccc1)NC(=O)c1cccnc1N1CCN(Cc2ccccc2)CC1. The van der Waals surface area contributed by atoms with Gasteiger partial charge in [-0.3, -0.25) is 19.3 Å². The Balaban J connectivity index is 1.45. The fourth-order valence-electron chi connectivity index (χ4n) is 4.25. The van der Waals surface area contributed by atoms with Crippen molar-refractivity contribution >= 4 is 23.4 Å². The summed E-state index contributed by atoms with van der Waals surface area (Å²) in [4.78, 5) is 46.3. The largest absolute Gasteiger partial charge is 0.363 e. The van der Waals surface area contributed by atoms with Crippen LogP contribution >= 0.6 is 0 Å². The highest BCUT2D eigenvalue weighted by Crippen LogP contribution is 2.20. The molecule has 1 aliphatic heterocycles. The summed E-state index contributed by atoms with van der Waals surface area (Å²) in [5, 5.41) is 2.72. The molecular formula is C27H29N5O3. The zero-order valence-corrected chi connectivity index (χ0v) is 19.5. The van der Waals surface area contributed by atoms with Gasteiger partial charge in [0.2, 0.25) is 5.78 Å². The Morgan fingerprint density at radius 3 is 2.11 bits per heavy atom. The van der Waals surface area contributed by atoms with Crippen molar-refractivity contribution in [1.82, 2.24) is 15.2 Å². The molecule has 0 bridgehead atoms. The minimum Gasteiger partial charge on any atom is -0.363 e. The summed E-state index contributed by atoms with van der Waals surface area (Å²) in [6.07, 6.45) is 1.82. The van der Waals surface area contributed by atoms with Crippen molar-refractivity contribution in [3.63, 3.8) is 0 Å². The lowest BCUT2D eigenvalue weighted by Gasteiger charge is -2.36. The highest BCUT2D eigenvalue weighted by atomic mass is 16.2. The van der Waals surface area contributed by atoms with Crippen molar-refractivity contribution in [2.24, 2.45) is 5.73 Å². The van der Waals surface area contributed by atoms with Crippen molar-refractivity contribution in [2.75, 3.05) is 31.1 Å². The van der Waals surface area contributed by atoms with E-state index in [1.54, 1.807) is 18.3 Å². The molecule has 1 saturated heterocycles. The Labute approximate surface area is 204 Å². The topological polar surface area (TPSA) is 109 Å². The molecular weight excluding hydrogens is 442 g/mol. The third-order valence-electron chi connectivity index (χ3n) is 6.10. The molecule has 1 aliphatic rings. The molecule has 8 heteroatoms. The van der Waals surface area contributed by atoms with Crippen LogP contribution in [0.1, 0.15) is 21.5 Å². The fourth-order valence-corrected chi connectivity index (χ4v) is 4.25. The second-order valence-electron chi connectivity index (χ2n) is 8.57. The van der Waals surface area contributed by atoms with Gasteiger partial charge < -0.3 is 16.0 Å². The number of carbonyl (C=O) groups is 3. The Kier molecular flexibility index (Phi) is 7.84. The van der Waals surface area contributed by atoms with Gasteiger partial charge >= 0.3 is 0 Å². The fraction of sp³-hybridized carbons (Fsp3) is 0.259. The average Bonchev–Trinajstić information content (AvgIpc) is 2.89. The van der Waals surface area contributed by atoms with Gasteiger partial charge in [-0.25, -0.2) is 4.98 Å². The van der Waals surface area contributed by atoms with Gasteiger partial charge in [0.25, 0.3) is 11.8 Å². The maximum atomic E-state index is 13.2. The Morgan fingerprint density at radius 2 is 1.49 bits per heavy atom. The molecule has 8 nitrogen and oxygen atoms in total. The van der Waals surface area contributed by atoms with Crippen LogP contribution in [-0.2, 0) is 22.6 Å².